The Morgan fingerprint density at radius 2 is 1.63 bits per heavy atom. The number of hydrogen-bond acceptors (Lipinski definition) is 6. The Morgan fingerprint density at radius 3 is 2.40 bits per heavy atom. The molecule has 7 nitrogen and oxygen atoms in total. The average Bonchev–Trinajstić information content (AvgIpc) is 3.52. The summed E-state index contributed by atoms with van der Waals surface area (Å²) in [6.45, 7) is 0. The van der Waals surface area contributed by atoms with Crippen LogP contribution in [-0.4, -0.2) is 42.6 Å². The molecular formula is C35H27FN2O5. The van der Waals surface area contributed by atoms with Crippen LogP contribution in [0.25, 0.3) is 6.08 Å². The molecule has 3 heterocycles. The number of methoxy groups -OCH3 is 2. The van der Waals surface area contributed by atoms with Gasteiger partial charge < -0.3 is 19.7 Å². The number of benzene rings is 4. The lowest BCUT2D eigenvalue weighted by Gasteiger charge is -2.38. The Morgan fingerprint density at radius 1 is 0.884 bits per heavy atom. The van der Waals surface area contributed by atoms with Crippen LogP contribution in [0.5, 0.6) is 11.5 Å². The fraction of sp³-hybridized carbons (Fsp3) is 0.171. The molecule has 0 bridgehead atoms. The van der Waals surface area contributed by atoms with Crippen molar-refractivity contribution in [2.75, 3.05) is 19.5 Å². The third-order valence-corrected chi connectivity index (χ3v) is 8.92. The Hall–Kier alpha value is -5.24. The van der Waals surface area contributed by atoms with Crippen molar-refractivity contribution in [2.45, 2.75) is 17.5 Å². The van der Waals surface area contributed by atoms with Crippen molar-refractivity contribution in [2.24, 2.45) is 5.92 Å². The fourth-order valence-electron chi connectivity index (χ4n) is 7.12. The van der Waals surface area contributed by atoms with Crippen LogP contribution in [0.3, 0.4) is 0 Å². The predicted molar refractivity (Wildman–Crippen MR) is 159 cm³/mol. The number of hydrogen-bond donors (Lipinski definition) is 1. The van der Waals surface area contributed by atoms with E-state index in [1.807, 2.05) is 59.5 Å². The van der Waals surface area contributed by atoms with Gasteiger partial charge in [0.1, 0.15) is 28.8 Å². The van der Waals surface area contributed by atoms with Gasteiger partial charge in [-0.2, -0.15) is 0 Å². The van der Waals surface area contributed by atoms with Gasteiger partial charge in [0.05, 0.1) is 31.7 Å². The quantitative estimate of drug-likeness (QED) is 0.292. The van der Waals surface area contributed by atoms with Crippen molar-refractivity contribution in [3.8, 4) is 11.5 Å². The van der Waals surface area contributed by atoms with Crippen LogP contribution in [0, 0.1) is 11.7 Å². The van der Waals surface area contributed by atoms with Gasteiger partial charge in [0, 0.05) is 23.5 Å². The van der Waals surface area contributed by atoms with Crippen LogP contribution >= 0.6 is 0 Å². The highest BCUT2D eigenvalue weighted by atomic mass is 19.1. The second-order valence-corrected chi connectivity index (χ2v) is 10.9. The van der Waals surface area contributed by atoms with E-state index in [2.05, 4.69) is 5.32 Å². The molecule has 7 rings (SSSR count). The molecule has 0 aromatic heterocycles. The van der Waals surface area contributed by atoms with Crippen LogP contribution in [-0.2, 0) is 10.2 Å². The predicted octanol–water partition coefficient (Wildman–Crippen LogP) is 5.82. The van der Waals surface area contributed by atoms with Crippen molar-refractivity contribution in [1.82, 2.24) is 4.90 Å². The largest absolute Gasteiger partial charge is 0.497 e. The first kappa shape index (κ1) is 26.6. The summed E-state index contributed by atoms with van der Waals surface area (Å²) in [5.74, 6) is -2.10. The molecule has 8 heteroatoms. The number of ketones is 2. The molecule has 1 N–H and O–H groups in total. The van der Waals surface area contributed by atoms with Crippen LogP contribution in [0.15, 0.2) is 97.2 Å². The maximum Gasteiger partial charge on any atom is 0.238 e. The molecule has 0 unspecified atom stereocenters. The topological polar surface area (TPSA) is 84.9 Å². The molecular weight excluding hydrogens is 547 g/mol. The number of Topliss-reactive ketones (excluding diaryl/α,β-unsaturated/α-hetero) is 2. The van der Waals surface area contributed by atoms with Crippen molar-refractivity contribution >= 4 is 29.2 Å². The third-order valence-electron chi connectivity index (χ3n) is 8.92. The van der Waals surface area contributed by atoms with Gasteiger partial charge in [0.25, 0.3) is 0 Å². The maximum atomic E-state index is 15.0. The molecule has 43 heavy (non-hydrogen) atoms. The van der Waals surface area contributed by atoms with Crippen LogP contribution in [0.2, 0.25) is 0 Å². The SMILES string of the molecule is COc1ccc(C(=O)[C@@H]2[C@H](C(=O)c3ccc(F)cc3)N3C=Cc4ccccc4[C@H]3[C@]23C(=O)Nc2ccccc23)c(OC)c1. The van der Waals surface area contributed by atoms with Gasteiger partial charge in [-0.1, -0.05) is 42.5 Å². The van der Waals surface area contributed by atoms with Gasteiger partial charge in [-0.15, -0.1) is 0 Å². The number of ether oxygens (including phenoxy) is 2. The lowest BCUT2D eigenvalue weighted by atomic mass is 9.62. The summed E-state index contributed by atoms with van der Waals surface area (Å²) in [6.07, 6.45) is 3.69. The summed E-state index contributed by atoms with van der Waals surface area (Å²) in [7, 11) is 2.97. The van der Waals surface area contributed by atoms with E-state index in [0.29, 0.717) is 17.0 Å². The van der Waals surface area contributed by atoms with Crippen LogP contribution in [0.4, 0.5) is 10.1 Å². The fourth-order valence-corrected chi connectivity index (χ4v) is 7.12. The van der Waals surface area contributed by atoms with E-state index in [1.165, 1.54) is 38.5 Å². The number of halogens is 1. The first-order valence-corrected chi connectivity index (χ1v) is 13.9. The normalized spacial score (nSPS) is 22.9. The minimum atomic E-state index is -1.49. The van der Waals surface area contributed by atoms with Gasteiger partial charge in [0.2, 0.25) is 5.91 Å². The monoisotopic (exact) mass is 574 g/mol. The Balaban J connectivity index is 1.54. The summed E-state index contributed by atoms with van der Waals surface area (Å²) in [4.78, 5) is 46.0. The van der Waals surface area contributed by atoms with Gasteiger partial charge in [-0.25, -0.2) is 4.39 Å². The molecule has 3 aliphatic heterocycles. The number of rotatable bonds is 6. The second-order valence-electron chi connectivity index (χ2n) is 10.9. The average molecular weight is 575 g/mol. The van der Waals surface area contributed by atoms with Crippen molar-refractivity contribution < 1.29 is 28.2 Å². The molecule has 0 aliphatic carbocycles. The zero-order valence-corrected chi connectivity index (χ0v) is 23.4. The highest BCUT2D eigenvalue weighted by molar-refractivity contribution is 6.17. The number of nitrogens with zero attached hydrogens (tertiary/aromatic N) is 1. The van der Waals surface area contributed by atoms with E-state index in [1.54, 1.807) is 24.4 Å². The number of anilines is 1. The standard InChI is InChI=1S/C35H27FN2O5/c1-42-23-15-16-25(28(19-23)43-2)32(40)29-30(31(39)21-11-13-22(36)14-12-21)38-18-17-20-7-3-4-8-24(20)33(38)35(29)26-9-5-6-10-27(26)37-34(35)41/h3-19,29-30,33H,1-2H3,(H,37,41)/t29-,30+,33-,35+/m0/s1. The first-order chi connectivity index (χ1) is 20.9. The minimum Gasteiger partial charge on any atom is -0.497 e. The molecule has 1 amide bonds. The van der Waals surface area contributed by atoms with Crippen LogP contribution < -0.4 is 14.8 Å². The number of fused-ring (bicyclic) bond motifs is 6. The maximum absolute atomic E-state index is 15.0. The van der Waals surface area contributed by atoms with E-state index in [-0.39, 0.29) is 22.8 Å². The molecule has 0 radical (unpaired) electrons. The number of carbonyl (C=O) groups is 3. The van der Waals surface area contributed by atoms with E-state index in [9.17, 15) is 14.0 Å². The minimum absolute atomic E-state index is 0.221. The van der Waals surface area contributed by atoms with Crippen molar-refractivity contribution in [3.63, 3.8) is 0 Å². The Kier molecular flexibility index (Phi) is 6.16. The summed E-state index contributed by atoms with van der Waals surface area (Å²) in [6, 6.07) is 23.3. The summed E-state index contributed by atoms with van der Waals surface area (Å²) in [5.41, 5.74) is 1.92. The molecule has 1 spiro atoms. The lowest BCUT2D eigenvalue weighted by molar-refractivity contribution is -0.122. The van der Waals surface area contributed by atoms with Crippen LogP contribution in [0.1, 0.15) is 43.4 Å². The highest BCUT2D eigenvalue weighted by Gasteiger charge is 2.70. The van der Waals surface area contributed by atoms with Crippen molar-refractivity contribution in [3.05, 3.63) is 131 Å². The first-order valence-electron chi connectivity index (χ1n) is 13.9. The number of nitrogens with one attached hydrogen (secondary N) is 1. The van der Waals surface area contributed by atoms with Gasteiger partial charge >= 0.3 is 0 Å². The molecule has 1 fully saturated rings. The smallest absolute Gasteiger partial charge is 0.238 e. The molecule has 4 atom stereocenters. The summed E-state index contributed by atoms with van der Waals surface area (Å²) >= 11 is 0. The Bertz CT molecular complexity index is 1830. The van der Waals surface area contributed by atoms with E-state index in [4.69, 9.17) is 9.47 Å². The van der Waals surface area contributed by atoms with E-state index in [0.717, 1.165) is 11.1 Å². The summed E-state index contributed by atoms with van der Waals surface area (Å²) in [5, 5.41) is 3.03. The molecule has 3 aliphatic rings. The molecule has 4 aromatic rings. The Labute approximate surface area is 247 Å². The van der Waals surface area contributed by atoms with E-state index >= 15 is 4.79 Å². The molecule has 214 valence electrons. The molecule has 1 saturated heterocycles. The number of carbonyl (C=O) groups excluding carboxylic acids is 3. The zero-order chi connectivity index (χ0) is 29.9. The third kappa shape index (κ3) is 3.75. The molecule has 4 aromatic carbocycles. The second kappa shape index (κ2) is 9.94. The number of amides is 1. The van der Waals surface area contributed by atoms with Gasteiger partial charge in [-0.3, -0.25) is 14.4 Å². The number of para-hydroxylation sites is 1. The zero-order valence-electron chi connectivity index (χ0n) is 23.4. The van der Waals surface area contributed by atoms with Gasteiger partial charge in [-0.05, 0) is 65.2 Å². The molecule has 0 saturated carbocycles. The lowest BCUT2D eigenvalue weighted by Crippen LogP contribution is -2.49. The highest BCUT2D eigenvalue weighted by Crippen LogP contribution is 2.62. The summed E-state index contributed by atoms with van der Waals surface area (Å²) < 4.78 is 24.9. The van der Waals surface area contributed by atoms with Gasteiger partial charge in [0.15, 0.2) is 11.6 Å². The van der Waals surface area contributed by atoms with E-state index < -0.39 is 40.8 Å². The van der Waals surface area contributed by atoms with Crippen molar-refractivity contribution in [1.29, 1.82) is 0 Å².